The maximum absolute atomic E-state index is 13.4. The minimum Gasteiger partial charge on any atom is -0.460 e. The number of ether oxygens (including phenoxy) is 1. The zero-order valence-electron chi connectivity index (χ0n) is 11.2. The molecule has 3 nitrogen and oxygen atoms in total. The Kier molecular flexibility index (Phi) is 5.37. The van der Waals surface area contributed by atoms with E-state index in [1.165, 1.54) is 30.0 Å². The quantitative estimate of drug-likeness (QED) is 0.795. The molecule has 1 rings (SSSR count). The molecule has 1 aromatic rings. The molecule has 0 N–H and O–H groups in total. The zero-order chi connectivity index (χ0) is 14.5. The van der Waals surface area contributed by atoms with Crippen LogP contribution in [0.1, 0.15) is 31.9 Å². The summed E-state index contributed by atoms with van der Waals surface area (Å²) in [6, 6.07) is 5.89. The molecular weight excluding hydrogens is 265 g/mol. The van der Waals surface area contributed by atoms with Crippen molar-refractivity contribution < 1.29 is 13.9 Å². The summed E-state index contributed by atoms with van der Waals surface area (Å²) in [5.41, 5.74) is 0.560. The van der Waals surface area contributed by atoms with Crippen LogP contribution in [0.3, 0.4) is 0 Å². The Morgan fingerprint density at radius 2 is 2.16 bits per heavy atom. The molecule has 0 unspecified atom stereocenters. The van der Waals surface area contributed by atoms with Gasteiger partial charge in [0.15, 0.2) is 0 Å². The van der Waals surface area contributed by atoms with Gasteiger partial charge in [-0.3, -0.25) is 4.79 Å². The molecule has 0 saturated carbocycles. The molecule has 0 radical (unpaired) electrons. The van der Waals surface area contributed by atoms with Crippen LogP contribution < -0.4 is 0 Å². The molecule has 102 valence electrons. The van der Waals surface area contributed by atoms with E-state index >= 15 is 0 Å². The number of carbonyl (C=O) groups is 1. The highest BCUT2D eigenvalue weighted by Crippen LogP contribution is 2.23. The number of carbonyl (C=O) groups excluding carboxylic acids is 1. The minimum absolute atomic E-state index is 0.0228. The maximum atomic E-state index is 13.4. The van der Waals surface area contributed by atoms with Crippen molar-refractivity contribution >= 4 is 17.7 Å². The van der Waals surface area contributed by atoms with E-state index in [9.17, 15) is 9.18 Å². The second-order valence-corrected chi connectivity index (χ2v) is 6.78. The third-order valence-electron chi connectivity index (χ3n) is 2.19. The van der Waals surface area contributed by atoms with Crippen LogP contribution in [-0.4, -0.2) is 16.5 Å². The summed E-state index contributed by atoms with van der Waals surface area (Å²) >= 11 is 1.47. The number of benzene rings is 1. The highest BCUT2D eigenvalue weighted by molar-refractivity contribution is 8.01. The summed E-state index contributed by atoms with van der Waals surface area (Å²) in [6.07, 6.45) is 0. The van der Waals surface area contributed by atoms with Gasteiger partial charge in [0.05, 0.1) is 17.4 Å². The molecule has 1 aromatic carbocycles. The molecule has 0 aliphatic rings. The van der Waals surface area contributed by atoms with Gasteiger partial charge >= 0.3 is 5.97 Å². The highest BCUT2D eigenvalue weighted by Gasteiger charge is 2.14. The van der Waals surface area contributed by atoms with Gasteiger partial charge in [-0.05, 0) is 18.2 Å². The third kappa shape index (κ3) is 5.75. The van der Waals surface area contributed by atoms with Crippen molar-refractivity contribution in [2.24, 2.45) is 0 Å². The lowest BCUT2D eigenvalue weighted by atomic mass is 10.1. The molecule has 0 saturated heterocycles. The number of rotatable bonds is 4. The summed E-state index contributed by atoms with van der Waals surface area (Å²) in [5, 5.41) is 8.72. The van der Waals surface area contributed by atoms with Crippen molar-refractivity contribution in [2.45, 2.75) is 32.1 Å². The Labute approximate surface area is 116 Å². The van der Waals surface area contributed by atoms with Crippen molar-refractivity contribution in [1.29, 1.82) is 5.26 Å². The smallest absolute Gasteiger partial charge is 0.316 e. The second-order valence-electron chi connectivity index (χ2n) is 4.98. The van der Waals surface area contributed by atoms with Crippen LogP contribution in [0.4, 0.5) is 4.39 Å². The molecule has 5 heteroatoms. The fraction of sp³-hybridized carbons (Fsp3) is 0.429. The average molecular weight is 281 g/mol. The van der Waals surface area contributed by atoms with E-state index in [2.05, 4.69) is 0 Å². The number of hydrogen-bond acceptors (Lipinski definition) is 4. The molecule has 0 fully saturated rings. The van der Waals surface area contributed by atoms with E-state index in [-0.39, 0.29) is 28.6 Å². The summed E-state index contributed by atoms with van der Waals surface area (Å²) in [6.45, 7) is 5.86. The van der Waals surface area contributed by atoms with Gasteiger partial charge in [0.2, 0.25) is 0 Å². The number of hydrogen-bond donors (Lipinski definition) is 0. The Hall–Kier alpha value is -1.54. The highest BCUT2D eigenvalue weighted by atomic mass is 32.2. The molecule has 0 spiro atoms. The predicted octanol–water partition coefficient (Wildman–Crippen LogP) is 3.27. The molecule has 0 amide bonds. The first-order valence-electron chi connectivity index (χ1n) is 5.80. The van der Waals surface area contributed by atoms with Gasteiger partial charge in [0.25, 0.3) is 0 Å². The number of nitriles is 1. The predicted molar refractivity (Wildman–Crippen MR) is 73.1 cm³/mol. The Balaban J connectivity index is 2.53. The zero-order valence-corrected chi connectivity index (χ0v) is 12.0. The molecule has 0 bridgehead atoms. The van der Waals surface area contributed by atoms with Crippen LogP contribution >= 0.6 is 11.8 Å². The lowest BCUT2D eigenvalue weighted by molar-refractivity contribution is -0.141. The normalized spacial score (nSPS) is 10.9. The van der Waals surface area contributed by atoms with Gasteiger partial charge in [-0.15, -0.1) is 11.8 Å². The van der Waals surface area contributed by atoms with Crippen molar-refractivity contribution in [3.8, 4) is 6.07 Å². The summed E-state index contributed by atoms with van der Waals surface area (Å²) in [5.74, 6) is -0.639. The lowest BCUT2D eigenvalue weighted by Gasteiger charge is -2.16. The lowest BCUT2D eigenvalue weighted by Crippen LogP contribution is -2.15. The average Bonchev–Trinajstić information content (AvgIpc) is 2.34. The van der Waals surface area contributed by atoms with Crippen molar-refractivity contribution in [2.75, 3.05) is 5.75 Å². The summed E-state index contributed by atoms with van der Waals surface area (Å²) in [7, 11) is 0. The van der Waals surface area contributed by atoms with Gasteiger partial charge in [-0.1, -0.05) is 20.8 Å². The van der Waals surface area contributed by atoms with E-state index in [1.807, 2.05) is 26.8 Å². The summed E-state index contributed by atoms with van der Waals surface area (Å²) in [4.78, 5) is 11.5. The van der Waals surface area contributed by atoms with Gasteiger partial charge in [0, 0.05) is 10.3 Å². The van der Waals surface area contributed by atoms with E-state index < -0.39 is 5.82 Å². The molecule has 0 heterocycles. The Bertz CT molecular complexity index is 503. The number of nitrogens with zero attached hydrogens (tertiary/aromatic N) is 1. The first-order valence-corrected chi connectivity index (χ1v) is 6.78. The van der Waals surface area contributed by atoms with E-state index in [0.717, 1.165) is 0 Å². The SMILES string of the molecule is CC(C)(C)SCC(=O)OCc1cc(C#N)ccc1F. The van der Waals surface area contributed by atoms with Gasteiger partial charge < -0.3 is 4.74 Å². The monoisotopic (exact) mass is 281 g/mol. The standard InChI is InChI=1S/C14H16FNO2S/c1-14(2,3)19-9-13(17)18-8-11-6-10(7-16)4-5-12(11)15/h4-6H,8-9H2,1-3H3. The fourth-order valence-corrected chi connectivity index (χ4v) is 1.86. The maximum Gasteiger partial charge on any atom is 0.316 e. The van der Waals surface area contributed by atoms with Gasteiger partial charge in [-0.2, -0.15) is 5.26 Å². The number of halogens is 1. The van der Waals surface area contributed by atoms with Crippen LogP contribution in [-0.2, 0) is 16.1 Å². The van der Waals surface area contributed by atoms with Crippen LogP contribution in [0.2, 0.25) is 0 Å². The number of thioether (sulfide) groups is 1. The fourth-order valence-electron chi connectivity index (χ4n) is 1.23. The first kappa shape index (κ1) is 15.5. The Morgan fingerprint density at radius 3 is 2.74 bits per heavy atom. The first-order chi connectivity index (χ1) is 8.81. The third-order valence-corrected chi connectivity index (χ3v) is 3.43. The molecule has 0 aromatic heterocycles. The van der Waals surface area contributed by atoms with Crippen molar-refractivity contribution in [1.82, 2.24) is 0 Å². The van der Waals surface area contributed by atoms with Crippen LogP contribution in [0.25, 0.3) is 0 Å². The van der Waals surface area contributed by atoms with Crippen molar-refractivity contribution in [3.05, 3.63) is 35.1 Å². The van der Waals surface area contributed by atoms with Gasteiger partial charge in [0.1, 0.15) is 12.4 Å². The largest absolute Gasteiger partial charge is 0.460 e. The van der Waals surface area contributed by atoms with E-state index in [0.29, 0.717) is 5.56 Å². The molecular formula is C14H16FNO2S. The van der Waals surface area contributed by atoms with Gasteiger partial charge in [-0.25, -0.2) is 4.39 Å². The van der Waals surface area contributed by atoms with Crippen LogP contribution in [0.5, 0.6) is 0 Å². The summed E-state index contributed by atoms with van der Waals surface area (Å²) < 4.78 is 18.4. The van der Waals surface area contributed by atoms with E-state index in [4.69, 9.17) is 10.00 Å². The topological polar surface area (TPSA) is 50.1 Å². The van der Waals surface area contributed by atoms with Crippen LogP contribution in [0, 0.1) is 17.1 Å². The van der Waals surface area contributed by atoms with Crippen molar-refractivity contribution in [3.63, 3.8) is 0 Å². The van der Waals surface area contributed by atoms with E-state index in [1.54, 1.807) is 0 Å². The molecule has 0 aliphatic carbocycles. The number of esters is 1. The Morgan fingerprint density at radius 1 is 1.47 bits per heavy atom. The molecule has 19 heavy (non-hydrogen) atoms. The van der Waals surface area contributed by atoms with Crippen LogP contribution in [0.15, 0.2) is 18.2 Å². The minimum atomic E-state index is -0.477. The second kappa shape index (κ2) is 6.58. The molecule has 0 aliphatic heterocycles. The molecule has 0 atom stereocenters.